The minimum Gasteiger partial charge on any atom is -0.320 e. The summed E-state index contributed by atoms with van der Waals surface area (Å²) in [4.78, 5) is 0. The topological polar surface area (TPSA) is 26.0 Å². The zero-order valence-corrected chi connectivity index (χ0v) is 8.41. The fourth-order valence-corrected chi connectivity index (χ4v) is 1.23. The van der Waals surface area contributed by atoms with Gasteiger partial charge in [0.1, 0.15) is 0 Å². The highest BCUT2D eigenvalue weighted by Crippen LogP contribution is 2.21. The maximum atomic E-state index is 12.8. The van der Waals surface area contributed by atoms with Gasteiger partial charge in [-0.2, -0.15) is 0 Å². The Hall–Kier alpha value is -1.17. The first kappa shape index (κ1) is 12.9. The molecule has 0 heterocycles. The summed E-state index contributed by atoms with van der Waals surface area (Å²) in [5.41, 5.74) is 3.23. The third-order valence-electron chi connectivity index (χ3n) is 2.13. The van der Waals surface area contributed by atoms with Gasteiger partial charge in [-0.1, -0.05) is 0 Å². The Bertz CT molecular complexity index is 366. The summed E-state index contributed by atoms with van der Waals surface area (Å²) in [5, 5.41) is 0. The normalized spacial score (nSPS) is 15.2. The van der Waals surface area contributed by atoms with Gasteiger partial charge in [-0.25, -0.2) is 22.0 Å². The maximum Gasteiger partial charge on any atom is 0.256 e. The van der Waals surface area contributed by atoms with Crippen molar-refractivity contribution in [2.75, 3.05) is 0 Å². The van der Waals surface area contributed by atoms with Gasteiger partial charge < -0.3 is 5.73 Å². The van der Waals surface area contributed by atoms with Crippen LogP contribution in [0.1, 0.15) is 12.5 Å². The standard InChI is InChI=1S/C10H10F5N/c1-10(16,9(14)15)4-5-2-6(11)8(13)7(12)3-5/h2-3,9H,4,16H2,1H3. The van der Waals surface area contributed by atoms with Gasteiger partial charge in [0.05, 0.1) is 5.54 Å². The predicted octanol–water partition coefficient (Wildman–Crippen LogP) is 2.63. The molecule has 0 spiro atoms. The minimum absolute atomic E-state index is 0.110. The average Bonchev–Trinajstić information content (AvgIpc) is 2.13. The Kier molecular flexibility index (Phi) is 3.52. The summed E-state index contributed by atoms with van der Waals surface area (Å²) in [5.74, 6) is -4.46. The third-order valence-corrected chi connectivity index (χ3v) is 2.13. The fraction of sp³-hybridized carbons (Fsp3) is 0.400. The van der Waals surface area contributed by atoms with Crippen LogP contribution in [-0.2, 0) is 6.42 Å². The molecule has 1 aromatic rings. The number of halogens is 5. The second-order valence-electron chi connectivity index (χ2n) is 3.86. The Morgan fingerprint density at radius 2 is 1.62 bits per heavy atom. The Balaban J connectivity index is 2.99. The molecule has 1 rings (SSSR count). The highest BCUT2D eigenvalue weighted by Gasteiger charge is 2.31. The highest BCUT2D eigenvalue weighted by molar-refractivity contribution is 5.21. The van der Waals surface area contributed by atoms with Crippen molar-refractivity contribution in [3.63, 3.8) is 0 Å². The molecule has 0 aromatic heterocycles. The van der Waals surface area contributed by atoms with Crippen molar-refractivity contribution in [3.05, 3.63) is 35.1 Å². The van der Waals surface area contributed by atoms with E-state index in [9.17, 15) is 22.0 Å². The smallest absolute Gasteiger partial charge is 0.256 e. The summed E-state index contributed by atoms with van der Waals surface area (Å²) in [6.45, 7) is 1.05. The lowest BCUT2D eigenvalue weighted by atomic mass is 9.94. The Morgan fingerprint density at radius 1 is 1.19 bits per heavy atom. The van der Waals surface area contributed by atoms with E-state index in [1.807, 2.05) is 0 Å². The number of alkyl halides is 2. The van der Waals surface area contributed by atoms with Crippen LogP contribution >= 0.6 is 0 Å². The number of rotatable bonds is 3. The van der Waals surface area contributed by atoms with Crippen LogP contribution in [0.15, 0.2) is 12.1 Å². The lowest BCUT2D eigenvalue weighted by Gasteiger charge is -2.23. The molecule has 0 bridgehead atoms. The first-order chi connectivity index (χ1) is 7.24. The van der Waals surface area contributed by atoms with Crippen LogP contribution in [0.4, 0.5) is 22.0 Å². The van der Waals surface area contributed by atoms with Crippen molar-refractivity contribution in [3.8, 4) is 0 Å². The molecular formula is C10H10F5N. The maximum absolute atomic E-state index is 12.8. The van der Waals surface area contributed by atoms with E-state index >= 15 is 0 Å². The number of hydrogen-bond donors (Lipinski definition) is 1. The van der Waals surface area contributed by atoms with Crippen molar-refractivity contribution in [2.45, 2.75) is 25.3 Å². The molecule has 0 aliphatic carbocycles. The molecule has 0 saturated heterocycles. The summed E-state index contributed by atoms with van der Waals surface area (Å²) in [7, 11) is 0. The molecule has 0 radical (unpaired) electrons. The Morgan fingerprint density at radius 3 is 2.00 bits per heavy atom. The van der Waals surface area contributed by atoms with Crippen LogP contribution in [-0.4, -0.2) is 12.0 Å². The minimum atomic E-state index is -2.84. The molecule has 0 amide bonds. The third kappa shape index (κ3) is 2.69. The van der Waals surface area contributed by atoms with E-state index in [2.05, 4.69) is 0 Å². The fourth-order valence-electron chi connectivity index (χ4n) is 1.23. The summed E-state index contributed by atoms with van der Waals surface area (Å²) < 4.78 is 62.9. The highest BCUT2D eigenvalue weighted by atomic mass is 19.3. The molecule has 0 saturated carbocycles. The molecule has 1 aromatic carbocycles. The largest absolute Gasteiger partial charge is 0.320 e. The monoisotopic (exact) mass is 239 g/mol. The summed E-state index contributed by atoms with van der Waals surface area (Å²) >= 11 is 0. The Labute approximate surface area is 89.1 Å². The van der Waals surface area contributed by atoms with Gasteiger partial charge >= 0.3 is 0 Å². The van der Waals surface area contributed by atoms with Crippen molar-refractivity contribution < 1.29 is 22.0 Å². The van der Waals surface area contributed by atoms with Crippen LogP contribution in [0.2, 0.25) is 0 Å². The molecule has 6 heteroatoms. The van der Waals surface area contributed by atoms with Gasteiger partial charge in [-0.15, -0.1) is 0 Å². The van der Waals surface area contributed by atoms with Crippen molar-refractivity contribution in [2.24, 2.45) is 5.73 Å². The average molecular weight is 239 g/mol. The summed E-state index contributed by atoms with van der Waals surface area (Å²) in [6, 6.07) is 1.32. The van der Waals surface area contributed by atoms with Crippen LogP contribution in [0.25, 0.3) is 0 Å². The lowest BCUT2D eigenvalue weighted by molar-refractivity contribution is 0.0638. The van der Waals surface area contributed by atoms with E-state index in [4.69, 9.17) is 5.73 Å². The first-order valence-electron chi connectivity index (χ1n) is 4.44. The molecule has 90 valence electrons. The van der Waals surface area contributed by atoms with Crippen molar-refractivity contribution >= 4 is 0 Å². The summed E-state index contributed by atoms with van der Waals surface area (Å²) in [6.07, 6.45) is -3.29. The zero-order chi connectivity index (χ0) is 12.5. The van der Waals surface area contributed by atoms with Gasteiger partial charge in [-0.3, -0.25) is 0 Å². The van der Waals surface area contributed by atoms with E-state index in [0.29, 0.717) is 12.1 Å². The molecule has 1 nitrogen and oxygen atoms in total. The quantitative estimate of drug-likeness (QED) is 0.636. The van der Waals surface area contributed by atoms with Gasteiger partial charge in [-0.05, 0) is 31.0 Å². The van der Waals surface area contributed by atoms with Crippen molar-refractivity contribution in [1.82, 2.24) is 0 Å². The molecule has 16 heavy (non-hydrogen) atoms. The molecule has 0 aliphatic rings. The van der Waals surface area contributed by atoms with Crippen LogP contribution in [0, 0.1) is 17.5 Å². The SMILES string of the molecule is CC(N)(Cc1cc(F)c(F)c(F)c1)C(F)F. The number of benzene rings is 1. The van der Waals surface area contributed by atoms with Crippen LogP contribution in [0.5, 0.6) is 0 Å². The van der Waals surface area contributed by atoms with E-state index in [-0.39, 0.29) is 5.56 Å². The van der Waals surface area contributed by atoms with Crippen LogP contribution in [0.3, 0.4) is 0 Å². The number of nitrogens with two attached hydrogens (primary N) is 1. The molecule has 2 N–H and O–H groups in total. The molecule has 1 atom stereocenters. The van der Waals surface area contributed by atoms with Gasteiger partial charge in [0, 0.05) is 0 Å². The molecule has 1 unspecified atom stereocenters. The van der Waals surface area contributed by atoms with Gasteiger partial charge in [0.2, 0.25) is 0 Å². The van der Waals surface area contributed by atoms with Gasteiger partial charge in [0.25, 0.3) is 6.43 Å². The van der Waals surface area contributed by atoms with Crippen LogP contribution < -0.4 is 5.73 Å². The van der Waals surface area contributed by atoms with Crippen molar-refractivity contribution in [1.29, 1.82) is 0 Å². The molecule has 0 fully saturated rings. The van der Waals surface area contributed by atoms with E-state index in [1.54, 1.807) is 0 Å². The second kappa shape index (κ2) is 4.37. The van der Waals surface area contributed by atoms with E-state index < -0.39 is 35.8 Å². The predicted molar refractivity (Wildman–Crippen MR) is 48.6 cm³/mol. The van der Waals surface area contributed by atoms with E-state index in [1.165, 1.54) is 0 Å². The van der Waals surface area contributed by atoms with Gasteiger partial charge in [0.15, 0.2) is 17.5 Å². The zero-order valence-electron chi connectivity index (χ0n) is 8.41. The molecular weight excluding hydrogens is 229 g/mol. The number of hydrogen-bond acceptors (Lipinski definition) is 1. The first-order valence-corrected chi connectivity index (χ1v) is 4.44. The molecule has 0 aliphatic heterocycles. The second-order valence-corrected chi connectivity index (χ2v) is 3.86. The van der Waals surface area contributed by atoms with E-state index in [0.717, 1.165) is 6.92 Å². The lowest BCUT2D eigenvalue weighted by Crippen LogP contribution is -2.45.